The zero-order chi connectivity index (χ0) is 10.7. The second kappa shape index (κ2) is 4.47. The Morgan fingerprint density at radius 3 is 2.67 bits per heavy atom. The van der Waals surface area contributed by atoms with Crippen LogP contribution in [0.5, 0.6) is 0 Å². The quantitative estimate of drug-likeness (QED) is 0.752. The van der Waals surface area contributed by atoms with Gasteiger partial charge < -0.3 is 0 Å². The Balaban J connectivity index is 2.57. The van der Waals surface area contributed by atoms with Gasteiger partial charge in [-0.15, -0.1) is 0 Å². The summed E-state index contributed by atoms with van der Waals surface area (Å²) >= 11 is 1.35. The van der Waals surface area contributed by atoms with Crippen molar-refractivity contribution in [2.24, 2.45) is 4.99 Å². The minimum absolute atomic E-state index is 0.749. The van der Waals surface area contributed by atoms with E-state index in [0.29, 0.717) is 0 Å². The Bertz CT molecular complexity index is 492. The molecule has 0 aromatic heterocycles. The first-order valence-corrected chi connectivity index (χ1v) is 6.05. The van der Waals surface area contributed by atoms with E-state index in [1.807, 2.05) is 36.5 Å². The first kappa shape index (κ1) is 10.2. The van der Waals surface area contributed by atoms with Gasteiger partial charge in [-0.05, 0) is 0 Å². The minimum atomic E-state index is 0.749. The Labute approximate surface area is 99.4 Å². The molecule has 0 amide bonds. The van der Waals surface area contributed by atoms with Crippen LogP contribution < -0.4 is 0 Å². The maximum absolute atomic E-state index is 9.10. The second-order valence-corrected chi connectivity index (χ2v) is 4.91. The number of aliphatic imine (C=N–C) groups is 1. The fraction of sp³-hybridized carbons (Fsp3) is 0.0833. The third-order valence-corrected chi connectivity index (χ3v) is 3.50. The molecule has 0 bridgehead atoms. The fourth-order valence-corrected chi connectivity index (χ4v) is 2.23. The first-order chi connectivity index (χ1) is 7.33. The van der Waals surface area contributed by atoms with Crippen molar-refractivity contribution in [3.63, 3.8) is 0 Å². The predicted molar refractivity (Wildman–Crippen MR) is 57.1 cm³/mol. The van der Waals surface area contributed by atoms with Crippen molar-refractivity contribution in [2.45, 2.75) is 6.42 Å². The molecule has 0 saturated carbocycles. The second-order valence-electron chi connectivity index (χ2n) is 3.14. The van der Waals surface area contributed by atoms with Gasteiger partial charge >= 0.3 is 99.4 Å². The van der Waals surface area contributed by atoms with Gasteiger partial charge in [-0.3, -0.25) is 0 Å². The SMILES string of the molecule is N#CC1=C(c2ccccc2)N=CC[C]1=[W]. The zero-order valence-corrected chi connectivity index (χ0v) is 10.9. The van der Waals surface area contributed by atoms with Crippen LogP contribution in [-0.4, -0.2) is 10.1 Å². The van der Waals surface area contributed by atoms with Crippen LogP contribution in [0.15, 0.2) is 40.9 Å². The van der Waals surface area contributed by atoms with Crippen molar-refractivity contribution in [3.8, 4) is 6.07 Å². The monoisotopic (exact) mass is 364 g/mol. The van der Waals surface area contributed by atoms with Crippen molar-refractivity contribution in [2.75, 3.05) is 0 Å². The number of allylic oxidation sites excluding steroid dienone is 1. The number of nitriles is 1. The van der Waals surface area contributed by atoms with Crippen molar-refractivity contribution in [3.05, 3.63) is 41.5 Å². The summed E-state index contributed by atoms with van der Waals surface area (Å²) in [6.45, 7) is 0. The van der Waals surface area contributed by atoms with E-state index in [-0.39, 0.29) is 0 Å². The molecule has 0 aliphatic carbocycles. The average molecular weight is 364 g/mol. The molecule has 1 aromatic rings. The van der Waals surface area contributed by atoms with Crippen LogP contribution in [0, 0.1) is 11.3 Å². The molecule has 2 rings (SSSR count). The molecule has 0 fully saturated rings. The van der Waals surface area contributed by atoms with Crippen molar-refractivity contribution < 1.29 is 19.4 Å². The third kappa shape index (κ3) is 2.03. The van der Waals surface area contributed by atoms with Crippen molar-refractivity contribution in [1.29, 1.82) is 5.26 Å². The van der Waals surface area contributed by atoms with Gasteiger partial charge in [-0.1, -0.05) is 0 Å². The maximum atomic E-state index is 9.10. The van der Waals surface area contributed by atoms with Crippen LogP contribution in [0.1, 0.15) is 12.0 Å². The van der Waals surface area contributed by atoms with Crippen LogP contribution in [0.4, 0.5) is 0 Å². The van der Waals surface area contributed by atoms with E-state index in [0.717, 1.165) is 23.3 Å². The van der Waals surface area contributed by atoms with Crippen molar-refractivity contribution in [1.82, 2.24) is 0 Å². The summed E-state index contributed by atoms with van der Waals surface area (Å²) < 4.78 is 1.17. The Hall–Kier alpha value is -1.32. The fourth-order valence-electron chi connectivity index (χ4n) is 1.45. The van der Waals surface area contributed by atoms with Gasteiger partial charge in [0.2, 0.25) is 0 Å². The predicted octanol–water partition coefficient (Wildman–Crippen LogP) is 2.11. The van der Waals surface area contributed by atoms with Gasteiger partial charge in [0.05, 0.1) is 0 Å². The number of hydrogen-bond acceptors (Lipinski definition) is 2. The van der Waals surface area contributed by atoms with Crippen LogP contribution in [0.3, 0.4) is 0 Å². The van der Waals surface area contributed by atoms with Gasteiger partial charge in [0.25, 0.3) is 0 Å². The summed E-state index contributed by atoms with van der Waals surface area (Å²) in [4.78, 5) is 4.33. The number of benzene rings is 1. The first-order valence-electron chi connectivity index (χ1n) is 4.58. The molecular formula is C12H8N2W. The Morgan fingerprint density at radius 2 is 2.00 bits per heavy atom. The molecule has 0 atom stereocenters. The molecule has 1 aromatic carbocycles. The van der Waals surface area contributed by atoms with E-state index in [9.17, 15) is 0 Å². The van der Waals surface area contributed by atoms with Crippen LogP contribution in [0.25, 0.3) is 5.70 Å². The molecule has 0 saturated heterocycles. The molecule has 2 nitrogen and oxygen atoms in total. The van der Waals surface area contributed by atoms with Gasteiger partial charge in [-0.2, -0.15) is 0 Å². The van der Waals surface area contributed by atoms with E-state index >= 15 is 0 Å². The van der Waals surface area contributed by atoms with Gasteiger partial charge in [0.1, 0.15) is 0 Å². The Morgan fingerprint density at radius 1 is 1.27 bits per heavy atom. The van der Waals surface area contributed by atoms with Gasteiger partial charge in [0, 0.05) is 0 Å². The molecule has 0 spiro atoms. The van der Waals surface area contributed by atoms with Crippen LogP contribution >= 0.6 is 0 Å². The molecule has 1 heterocycles. The number of hydrogen-bond donors (Lipinski definition) is 0. The average Bonchev–Trinajstić information content (AvgIpc) is 2.30. The summed E-state index contributed by atoms with van der Waals surface area (Å²) in [6.07, 6.45) is 2.69. The van der Waals surface area contributed by atoms with Crippen LogP contribution in [-0.2, 0) is 19.4 Å². The molecule has 3 heteroatoms. The van der Waals surface area contributed by atoms with E-state index < -0.39 is 0 Å². The van der Waals surface area contributed by atoms with E-state index in [4.69, 9.17) is 5.26 Å². The summed E-state index contributed by atoms with van der Waals surface area (Å²) in [5, 5.41) is 9.10. The van der Waals surface area contributed by atoms with E-state index in [1.54, 1.807) is 0 Å². The van der Waals surface area contributed by atoms with Gasteiger partial charge in [-0.25, -0.2) is 0 Å². The van der Waals surface area contributed by atoms with Gasteiger partial charge in [0.15, 0.2) is 0 Å². The van der Waals surface area contributed by atoms with E-state index in [1.165, 1.54) is 23.3 Å². The molecule has 15 heavy (non-hydrogen) atoms. The molecular weight excluding hydrogens is 356 g/mol. The van der Waals surface area contributed by atoms with Crippen molar-refractivity contribution >= 4 is 15.8 Å². The van der Waals surface area contributed by atoms with Crippen LogP contribution in [0.2, 0.25) is 0 Å². The summed E-state index contributed by atoms with van der Waals surface area (Å²) in [6, 6.07) is 12.1. The molecule has 0 radical (unpaired) electrons. The van der Waals surface area contributed by atoms with E-state index in [2.05, 4.69) is 11.1 Å². The molecule has 0 N–H and O–H groups in total. The Kier molecular flexibility index (Phi) is 3.04. The third-order valence-electron chi connectivity index (χ3n) is 2.17. The summed E-state index contributed by atoms with van der Waals surface area (Å²) in [5.41, 5.74) is 2.58. The zero-order valence-electron chi connectivity index (χ0n) is 7.97. The number of nitrogens with zero attached hydrogens (tertiary/aromatic N) is 2. The standard InChI is InChI=1S/C12H8N2.W/c13-9-11-7-4-8-14-12(11)10-5-2-1-3-6-10;/h1-3,5-6,8H,4H2;. The molecule has 0 unspecified atom stereocenters. The molecule has 1 aliphatic rings. The summed E-state index contributed by atoms with van der Waals surface area (Å²) in [7, 11) is 0. The molecule has 72 valence electrons. The molecule has 1 aliphatic heterocycles. The topological polar surface area (TPSA) is 36.1 Å². The normalized spacial score (nSPS) is 15.3. The summed E-state index contributed by atoms with van der Waals surface area (Å²) in [5.74, 6) is 0. The number of rotatable bonds is 1.